The molecule has 0 aliphatic rings. The second-order valence-corrected chi connectivity index (χ2v) is 35.4. The third-order valence-corrected chi connectivity index (χ3v) is 21.7. The summed E-state index contributed by atoms with van der Waals surface area (Å²) in [6, 6.07) is 0. The maximum atomic E-state index is 13.1. The Balaban J connectivity index is 5.23. The quantitative estimate of drug-likeness (QED) is 0.0222. The summed E-state index contributed by atoms with van der Waals surface area (Å²) in [6.07, 6.45) is 62.6. The lowest BCUT2D eigenvalue weighted by Gasteiger charge is -2.21. The summed E-state index contributed by atoms with van der Waals surface area (Å²) in [5, 5.41) is 10.7. The topological polar surface area (TPSA) is 237 Å². The van der Waals surface area contributed by atoms with Crippen LogP contribution in [0.1, 0.15) is 441 Å². The van der Waals surface area contributed by atoms with Gasteiger partial charge < -0.3 is 33.8 Å². The largest absolute Gasteiger partial charge is 0.472 e. The molecule has 0 aliphatic heterocycles. The van der Waals surface area contributed by atoms with Crippen LogP contribution in [0.5, 0.6) is 0 Å². The van der Waals surface area contributed by atoms with Crippen LogP contribution in [0.4, 0.5) is 0 Å². The van der Waals surface area contributed by atoms with Gasteiger partial charge in [0.1, 0.15) is 19.3 Å². The minimum atomic E-state index is -4.97. The molecule has 0 aromatic carbocycles. The van der Waals surface area contributed by atoms with Crippen LogP contribution in [0.3, 0.4) is 0 Å². The summed E-state index contributed by atoms with van der Waals surface area (Å²) >= 11 is 0. The van der Waals surface area contributed by atoms with E-state index in [0.29, 0.717) is 31.6 Å². The smallest absolute Gasteiger partial charge is 0.462 e. The monoisotopic (exact) mass is 1520 g/mol. The first-order chi connectivity index (χ1) is 50.1. The Hall–Kier alpha value is -1.94. The molecule has 0 amide bonds. The standard InChI is InChI=1S/C85H166O17P2/c1-75(2)61-53-45-37-30-24-18-13-11-9-10-12-14-22-28-34-42-51-59-67-84(89)101-80(71-95-82(87)65-57-49-41-33-27-21-16-15-19-25-31-38-46-54-62-76(3)4)73-99-103(91,92)97-69-79(86)70-98-104(93,94)100-74-81(72-96-83(88)66-58-50-44-36-40-48-56-64-78(7)8)102-85(90)68-60-52-43-35-29-23-17-20-26-32-39-47-55-63-77(5)6/h75-81,86H,9-74H2,1-8H3,(H,91,92)(H,93,94)/t79?,80-,81-/m1/s1. The molecule has 0 saturated heterocycles. The van der Waals surface area contributed by atoms with Crippen molar-refractivity contribution in [3.63, 3.8) is 0 Å². The minimum Gasteiger partial charge on any atom is -0.462 e. The van der Waals surface area contributed by atoms with E-state index in [1.54, 1.807) is 0 Å². The fraction of sp³-hybridized carbons (Fsp3) is 0.953. The summed E-state index contributed by atoms with van der Waals surface area (Å²) in [4.78, 5) is 73.2. The van der Waals surface area contributed by atoms with Crippen molar-refractivity contribution in [2.75, 3.05) is 39.6 Å². The highest BCUT2D eigenvalue weighted by molar-refractivity contribution is 7.47. The molecule has 0 aromatic heterocycles. The number of rotatable bonds is 82. The molecule has 104 heavy (non-hydrogen) atoms. The van der Waals surface area contributed by atoms with Crippen LogP contribution in [0, 0.1) is 23.7 Å². The number of aliphatic hydroxyl groups excluding tert-OH is 1. The Morgan fingerprint density at radius 3 is 0.596 bits per heavy atom. The average Bonchev–Trinajstić information content (AvgIpc) is 0.904. The van der Waals surface area contributed by atoms with Crippen LogP contribution in [-0.4, -0.2) is 96.7 Å². The minimum absolute atomic E-state index is 0.106. The summed E-state index contributed by atoms with van der Waals surface area (Å²) in [6.45, 7) is 14.3. The molecule has 0 radical (unpaired) electrons. The predicted octanol–water partition coefficient (Wildman–Crippen LogP) is 25.6. The first kappa shape index (κ1) is 102. The van der Waals surface area contributed by atoms with Gasteiger partial charge in [-0.1, -0.05) is 389 Å². The van der Waals surface area contributed by atoms with Crippen molar-refractivity contribution in [3.8, 4) is 0 Å². The first-order valence-electron chi connectivity index (χ1n) is 43.7. The lowest BCUT2D eigenvalue weighted by Crippen LogP contribution is -2.30. The predicted molar refractivity (Wildman–Crippen MR) is 428 cm³/mol. The molecule has 0 fully saturated rings. The van der Waals surface area contributed by atoms with Gasteiger partial charge in [0.25, 0.3) is 0 Å². The van der Waals surface area contributed by atoms with Crippen molar-refractivity contribution in [2.45, 2.75) is 459 Å². The number of esters is 4. The molecule has 5 atom stereocenters. The van der Waals surface area contributed by atoms with E-state index in [1.165, 1.54) is 238 Å². The second kappa shape index (κ2) is 73.8. The molecule has 0 heterocycles. The van der Waals surface area contributed by atoms with E-state index in [1.807, 2.05) is 0 Å². The first-order valence-corrected chi connectivity index (χ1v) is 46.7. The molecule has 3 unspecified atom stereocenters. The van der Waals surface area contributed by atoms with Crippen molar-refractivity contribution < 1.29 is 80.2 Å². The lowest BCUT2D eigenvalue weighted by molar-refractivity contribution is -0.161. The van der Waals surface area contributed by atoms with Gasteiger partial charge in [0.2, 0.25) is 0 Å². The zero-order valence-corrected chi connectivity index (χ0v) is 70.5. The summed E-state index contributed by atoms with van der Waals surface area (Å²) < 4.78 is 68.8. The Morgan fingerprint density at radius 1 is 0.240 bits per heavy atom. The van der Waals surface area contributed by atoms with Crippen LogP contribution in [0.25, 0.3) is 0 Å². The van der Waals surface area contributed by atoms with Gasteiger partial charge in [-0.05, 0) is 49.4 Å². The average molecular weight is 1520 g/mol. The van der Waals surface area contributed by atoms with Gasteiger partial charge in [-0.3, -0.25) is 37.3 Å². The van der Waals surface area contributed by atoms with Gasteiger partial charge in [-0.25, -0.2) is 9.13 Å². The maximum Gasteiger partial charge on any atom is 0.472 e. The maximum absolute atomic E-state index is 13.1. The summed E-state index contributed by atoms with van der Waals surface area (Å²) in [5.74, 6) is 1.00. The molecule has 0 bridgehead atoms. The third-order valence-electron chi connectivity index (χ3n) is 19.8. The van der Waals surface area contributed by atoms with E-state index in [0.717, 1.165) is 114 Å². The van der Waals surface area contributed by atoms with E-state index in [4.69, 9.17) is 37.0 Å². The highest BCUT2D eigenvalue weighted by atomic mass is 31.2. The Bertz CT molecular complexity index is 2020. The zero-order chi connectivity index (χ0) is 76.7. The lowest BCUT2D eigenvalue weighted by atomic mass is 10.0. The number of aliphatic hydroxyl groups is 1. The Morgan fingerprint density at radius 2 is 0.404 bits per heavy atom. The van der Waals surface area contributed by atoms with Gasteiger partial charge in [0.05, 0.1) is 26.4 Å². The Kier molecular flexibility index (Phi) is 72.5. The van der Waals surface area contributed by atoms with Gasteiger partial charge in [0.15, 0.2) is 12.2 Å². The molecule has 17 nitrogen and oxygen atoms in total. The number of carbonyl (C=O) groups is 4. The number of phosphoric acid groups is 2. The molecule has 19 heteroatoms. The van der Waals surface area contributed by atoms with Crippen molar-refractivity contribution in [2.24, 2.45) is 23.7 Å². The fourth-order valence-corrected chi connectivity index (χ4v) is 14.7. The molecule has 0 spiro atoms. The van der Waals surface area contributed by atoms with E-state index < -0.39 is 97.5 Å². The van der Waals surface area contributed by atoms with Crippen LogP contribution < -0.4 is 0 Å². The molecular formula is C85H166O17P2. The van der Waals surface area contributed by atoms with Gasteiger partial charge >= 0.3 is 39.5 Å². The molecule has 3 N–H and O–H groups in total. The van der Waals surface area contributed by atoms with Gasteiger partial charge in [-0.15, -0.1) is 0 Å². The van der Waals surface area contributed by atoms with Crippen molar-refractivity contribution >= 4 is 39.5 Å². The number of hydrogen-bond acceptors (Lipinski definition) is 15. The molecule has 0 aliphatic carbocycles. The van der Waals surface area contributed by atoms with E-state index >= 15 is 0 Å². The summed E-state index contributed by atoms with van der Waals surface area (Å²) in [7, 11) is -9.93. The fourth-order valence-electron chi connectivity index (χ4n) is 13.1. The summed E-state index contributed by atoms with van der Waals surface area (Å²) in [5.41, 5.74) is 0. The number of unbranched alkanes of at least 4 members (excludes halogenated alkanes) is 48. The van der Waals surface area contributed by atoms with E-state index in [9.17, 15) is 43.2 Å². The second-order valence-electron chi connectivity index (χ2n) is 32.5. The van der Waals surface area contributed by atoms with Crippen molar-refractivity contribution in [1.82, 2.24) is 0 Å². The molecule has 0 rings (SSSR count). The van der Waals surface area contributed by atoms with Crippen LogP contribution in [-0.2, 0) is 65.4 Å². The molecule has 618 valence electrons. The highest BCUT2D eigenvalue weighted by Crippen LogP contribution is 2.45. The number of phosphoric ester groups is 2. The van der Waals surface area contributed by atoms with Gasteiger partial charge in [-0.2, -0.15) is 0 Å². The van der Waals surface area contributed by atoms with Crippen molar-refractivity contribution in [3.05, 3.63) is 0 Å². The SMILES string of the molecule is CC(C)CCCCCCCCCCCCCCCCCCCCC(=O)O[C@H](COC(=O)CCCCCCCCCCCCCCCCC(C)C)COP(=O)(O)OCC(O)COP(=O)(O)OC[C@@H](COC(=O)CCCCCCCCCC(C)C)OC(=O)CCCCCCCCCCCCCCCC(C)C. The molecule has 0 aromatic rings. The normalized spacial score (nSPS) is 14.0. The zero-order valence-electron chi connectivity index (χ0n) is 68.7. The number of carbonyl (C=O) groups excluding carboxylic acids is 4. The highest BCUT2D eigenvalue weighted by Gasteiger charge is 2.30. The third kappa shape index (κ3) is 78.2. The van der Waals surface area contributed by atoms with Crippen LogP contribution in [0.2, 0.25) is 0 Å². The number of hydrogen-bond donors (Lipinski definition) is 3. The Labute approximate surface area is 638 Å². The van der Waals surface area contributed by atoms with Crippen LogP contribution in [0.15, 0.2) is 0 Å². The molecular weight excluding hydrogens is 1350 g/mol. The van der Waals surface area contributed by atoms with Crippen LogP contribution >= 0.6 is 15.6 Å². The molecule has 0 saturated carbocycles. The number of ether oxygens (including phenoxy) is 4. The van der Waals surface area contributed by atoms with E-state index in [-0.39, 0.29) is 25.7 Å². The van der Waals surface area contributed by atoms with Gasteiger partial charge in [0, 0.05) is 25.7 Å². The van der Waals surface area contributed by atoms with Crippen molar-refractivity contribution in [1.29, 1.82) is 0 Å². The van der Waals surface area contributed by atoms with E-state index in [2.05, 4.69) is 55.4 Å².